The molecule has 2 nitrogen and oxygen atoms in total. The van der Waals surface area contributed by atoms with Crippen molar-refractivity contribution in [1.29, 1.82) is 0 Å². The van der Waals surface area contributed by atoms with Crippen LogP contribution in [-0.4, -0.2) is 4.98 Å². The second-order valence-corrected chi connectivity index (χ2v) is 5.49. The average molecular weight is 374 g/mol. The smallest absolute Gasteiger partial charge is 0.137 e. The number of nitrogens with zero attached hydrogens (tertiary/aromatic N) is 1. The number of pyridine rings is 1. The highest BCUT2D eigenvalue weighted by molar-refractivity contribution is 9.10. The molecule has 1 aromatic carbocycles. The first-order valence-corrected chi connectivity index (χ1v) is 6.98. The summed E-state index contributed by atoms with van der Waals surface area (Å²) in [5, 5.41) is 3.32. The van der Waals surface area contributed by atoms with Gasteiger partial charge in [-0.1, -0.05) is 6.07 Å². The van der Waals surface area contributed by atoms with Gasteiger partial charge in [0, 0.05) is 12.2 Å². The van der Waals surface area contributed by atoms with Crippen molar-refractivity contribution in [3.63, 3.8) is 0 Å². The van der Waals surface area contributed by atoms with Crippen molar-refractivity contribution in [2.24, 2.45) is 0 Å². The van der Waals surface area contributed by atoms with Crippen molar-refractivity contribution >= 4 is 37.5 Å². The average Bonchev–Trinajstić information content (AvgIpc) is 2.35. The lowest BCUT2D eigenvalue weighted by molar-refractivity contribution is 0.619. The Bertz CT molecular complexity index is 560. The van der Waals surface area contributed by atoms with Gasteiger partial charge in [-0.25, -0.2) is 9.37 Å². The Morgan fingerprint density at radius 3 is 2.72 bits per heavy atom. The van der Waals surface area contributed by atoms with Crippen molar-refractivity contribution in [3.05, 3.63) is 57.0 Å². The van der Waals surface area contributed by atoms with E-state index in [9.17, 15) is 4.39 Å². The lowest BCUT2D eigenvalue weighted by Gasteiger charge is -2.16. The molecule has 2 rings (SSSR count). The molecule has 0 aliphatic rings. The third kappa shape index (κ3) is 3.09. The molecule has 0 amide bonds. The van der Waals surface area contributed by atoms with Crippen LogP contribution in [0.3, 0.4) is 0 Å². The zero-order valence-corrected chi connectivity index (χ0v) is 12.8. The van der Waals surface area contributed by atoms with Crippen molar-refractivity contribution < 1.29 is 4.39 Å². The molecule has 1 heterocycles. The quantitative estimate of drug-likeness (QED) is 0.772. The van der Waals surface area contributed by atoms with Gasteiger partial charge in [0.25, 0.3) is 0 Å². The standard InChI is InChI=1S/C13H11Br2FN2/c1-8(9-4-5-11(16)10(14)7-9)18-12-3-2-6-17-13(12)15/h2-8,18H,1H3. The second kappa shape index (κ2) is 5.80. The van der Waals surface area contributed by atoms with E-state index in [1.165, 1.54) is 6.07 Å². The highest BCUT2D eigenvalue weighted by Gasteiger charge is 2.09. The molecule has 0 fully saturated rings. The summed E-state index contributed by atoms with van der Waals surface area (Å²) in [5.41, 5.74) is 1.91. The van der Waals surface area contributed by atoms with E-state index in [0.717, 1.165) is 15.9 Å². The number of benzene rings is 1. The molecular weight excluding hydrogens is 363 g/mol. The molecule has 2 aromatic rings. The van der Waals surface area contributed by atoms with Gasteiger partial charge in [-0.2, -0.15) is 0 Å². The number of aromatic nitrogens is 1. The fourth-order valence-corrected chi connectivity index (χ4v) is 2.35. The van der Waals surface area contributed by atoms with E-state index in [4.69, 9.17) is 0 Å². The first-order chi connectivity index (χ1) is 8.58. The van der Waals surface area contributed by atoms with Crippen molar-refractivity contribution in [1.82, 2.24) is 4.98 Å². The van der Waals surface area contributed by atoms with Crippen LogP contribution in [0.4, 0.5) is 10.1 Å². The minimum Gasteiger partial charge on any atom is -0.376 e. The van der Waals surface area contributed by atoms with Gasteiger partial charge in [0.05, 0.1) is 10.2 Å². The highest BCUT2D eigenvalue weighted by Crippen LogP contribution is 2.26. The number of rotatable bonds is 3. The molecule has 1 unspecified atom stereocenters. The van der Waals surface area contributed by atoms with Crippen LogP contribution in [0.5, 0.6) is 0 Å². The summed E-state index contributed by atoms with van der Waals surface area (Å²) >= 11 is 6.57. The second-order valence-electron chi connectivity index (χ2n) is 3.88. The van der Waals surface area contributed by atoms with E-state index in [0.29, 0.717) is 4.47 Å². The molecule has 0 saturated carbocycles. The number of halogens is 3. The van der Waals surface area contributed by atoms with E-state index >= 15 is 0 Å². The van der Waals surface area contributed by atoms with E-state index < -0.39 is 0 Å². The molecule has 5 heteroatoms. The molecule has 0 radical (unpaired) electrons. The molecule has 1 atom stereocenters. The van der Waals surface area contributed by atoms with Gasteiger partial charge in [0.2, 0.25) is 0 Å². The van der Waals surface area contributed by atoms with Crippen LogP contribution in [-0.2, 0) is 0 Å². The molecule has 1 aromatic heterocycles. The Balaban J connectivity index is 2.19. The Hall–Kier alpha value is -0.940. The van der Waals surface area contributed by atoms with Crippen molar-refractivity contribution in [3.8, 4) is 0 Å². The largest absolute Gasteiger partial charge is 0.376 e. The van der Waals surface area contributed by atoms with Crippen LogP contribution in [0.2, 0.25) is 0 Å². The molecular formula is C13H11Br2FN2. The highest BCUT2D eigenvalue weighted by atomic mass is 79.9. The topological polar surface area (TPSA) is 24.9 Å². The van der Waals surface area contributed by atoms with Gasteiger partial charge in [0.1, 0.15) is 10.4 Å². The third-order valence-electron chi connectivity index (χ3n) is 2.57. The Kier molecular flexibility index (Phi) is 4.35. The first kappa shape index (κ1) is 13.5. The predicted molar refractivity (Wildman–Crippen MR) is 78.1 cm³/mol. The summed E-state index contributed by atoms with van der Waals surface area (Å²) in [6.07, 6.45) is 1.72. The van der Waals surface area contributed by atoms with E-state index in [2.05, 4.69) is 42.2 Å². The molecule has 0 spiro atoms. The zero-order valence-electron chi connectivity index (χ0n) is 9.62. The summed E-state index contributed by atoms with van der Waals surface area (Å²) in [6.45, 7) is 2.01. The van der Waals surface area contributed by atoms with Crippen LogP contribution in [0, 0.1) is 5.82 Å². The fourth-order valence-electron chi connectivity index (χ4n) is 1.59. The summed E-state index contributed by atoms with van der Waals surface area (Å²) < 4.78 is 14.4. The van der Waals surface area contributed by atoms with Crippen LogP contribution in [0.1, 0.15) is 18.5 Å². The molecule has 1 N–H and O–H groups in total. The minimum atomic E-state index is -0.256. The van der Waals surface area contributed by atoms with Crippen LogP contribution >= 0.6 is 31.9 Å². The zero-order chi connectivity index (χ0) is 13.1. The monoisotopic (exact) mass is 372 g/mol. The summed E-state index contributed by atoms with van der Waals surface area (Å²) in [5.74, 6) is -0.256. The Labute approximate surface area is 122 Å². The van der Waals surface area contributed by atoms with Gasteiger partial charge in [-0.3, -0.25) is 0 Å². The molecule has 0 saturated heterocycles. The predicted octanol–water partition coefficient (Wildman–Crippen LogP) is 4.92. The molecule has 0 aliphatic carbocycles. The van der Waals surface area contributed by atoms with Gasteiger partial charge < -0.3 is 5.32 Å². The fraction of sp³-hybridized carbons (Fsp3) is 0.154. The molecule has 18 heavy (non-hydrogen) atoms. The van der Waals surface area contributed by atoms with Crippen molar-refractivity contribution in [2.75, 3.05) is 5.32 Å². The summed E-state index contributed by atoms with van der Waals surface area (Å²) in [4.78, 5) is 4.14. The van der Waals surface area contributed by atoms with E-state index in [1.54, 1.807) is 18.3 Å². The number of nitrogens with one attached hydrogen (secondary N) is 1. The maximum Gasteiger partial charge on any atom is 0.137 e. The SMILES string of the molecule is CC(Nc1cccnc1Br)c1ccc(F)c(Br)c1. The van der Waals surface area contributed by atoms with E-state index in [1.807, 2.05) is 19.1 Å². The molecule has 0 bridgehead atoms. The van der Waals surface area contributed by atoms with Crippen LogP contribution < -0.4 is 5.32 Å². The first-order valence-electron chi connectivity index (χ1n) is 5.40. The lowest BCUT2D eigenvalue weighted by Crippen LogP contribution is -2.07. The van der Waals surface area contributed by atoms with Crippen molar-refractivity contribution in [2.45, 2.75) is 13.0 Å². The Morgan fingerprint density at radius 1 is 1.28 bits per heavy atom. The summed E-state index contributed by atoms with van der Waals surface area (Å²) in [6, 6.07) is 8.85. The number of anilines is 1. The lowest BCUT2D eigenvalue weighted by atomic mass is 10.1. The summed E-state index contributed by atoms with van der Waals surface area (Å²) in [7, 11) is 0. The maximum absolute atomic E-state index is 13.2. The van der Waals surface area contributed by atoms with Gasteiger partial charge >= 0.3 is 0 Å². The minimum absolute atomic E-state index is 0.0578. The van der Waals surface area contributed by atoms with Gasteiger partial charge in [-0.05, 0) is 68.6 Å². The van der Waals surface area contributed by atoms with Gasteiger partial charge in [-0.15, -0.1) is 0 Å². The van der Waals surface area contributed by atoms with Crippen LogP contribution in [0.15, 0.2) is 45.6 Å². The third-order valence-corrected chi connectivity index (χ3v) is 3.81. The Morgan fingerprint density at radius 2 is 2.06 bits per heavy atom. The van der Waals surface area contributed by atoms with Crippen LogP contribution in [0.25, 0.3) is 0 Å². The molecule has 0 aliphatic heterocycles. The normalized spacial score (nSPS) is 12.2. The van der Waals surface area contributed by atoms with Gasteiger partial charge in [0.15, 0.2) is 0 Å². The molecule has 94 valence electrons. The maximum atomic E-state index is 13.2. The van der Waals surface area contributed by atoms with E-state index in [-0.39, 0.29) is 11.9 Å². The number of hydrogen-bond donors (Lipinski definition) is 1. The number of hydrogen-bond acceptors (Lipinski definition) is 2.